The molecule has 1 aliphatic heterocycles. The molecule has 0 saturated heterocycles. The average Bonchev–Trinajstić information content (AvgIpc) is 2.93. The van der Waals surface area contributed by atoms with E-state index in [0.717, 1.165) is 24.9 Å². The van der Waals surface area contributed by atoms with Gasteiger partial charge in [-0.3, -0.25) is 4.79 Å². The second-order valence-corrected chi connectivity index (χ2v) is 7.02. The maximum atomic E-state index is 11.8. The van der Waals surface area contributed by atoms with Gasteiger partial charge < -0.3 is 21.2 Å². The molecule has 1 heterocycles. The molecule has 0 bridgehead atoms. The average molecular weight is 351 g/mol. The van der Waals surface area contributed by atoms with Crippen LogP contribution in [0.4, 0.5) is 5.69 Å². The van der Waals surface area contributed by atoms with Crippen LogP contribution in [0.5, 0.6) is 0 Å². The summed E-state index contributed by atoms with van der Waals surface area (Å²) >= 11 is 5.90. The Kier molecular flexibility index (Phi) is 4.99. The van der Waals surface area contributed by atoms with Crippen molar-refractivity contribution in [1.29, 1.82) is 0 Å². The normalized spacial score (nSPS) is 30.1. The molecule has 3 rings (SSSR count). The van der Waals surface area contributed by atoms with Crippen molar-refractivity contribution in [1.82, 2.24) is 10.4 Å². The summed E-state index contributed by atoms with van der Waals surface area (Å²) in [5.41, 5.74) is 10.2. The van der Waals surface area contributed by atoms with E-state index in [-0.39, 0.29) is 18.3 Å². The summed E-state index contributed by atoms with van der Waals surface area (Å²) in [6, 6.07) is 7.50. The Morgan fingerprint density at radius 2 is 2.08 bits per heavy atom. The van der Waals surface area contributed by atoms with Crippen LogP contribution >= 0.6 is 11.6 Å². The zero-order valence-electron chi connectivity index (χ0n) is 13.6. The third-order valence-corrected chi connectivity index (χ3v) is 5.01. The van der Waals surface area contributed by atoms with Gasteiger partial charge in [-0.15, -0.1) is 0 Å². The first-order chi connectivity index (χ1) is 11.4. The van der Waals surface area contributed by atoms with E-state index in [1.165, 1.54) is 0 Å². The van der Waals surface area contributed by atoms with E-state index in [9.17, 15) is 9.90 Å². The van der Waals surface area contributed by atoms with E-state index in [1.54, 1.807) is 18.3 Å². The van der Waals surface area contributed by atoms with Gasteiger partial charge in [-0.25, -0.2) is 5.43 Å². The summed E-state index contributed by atoms with van der Waals surface area (Å²) in [6.45, 7) is 2.12. The molecular weight excluding hydrogens is 328 g/mol. The second kappa shape index (κ2) is 7.01. The predicted molar refractivity (Wildman–Crippen MR) is 93.9 cm³/mol. The number of nitrogens with zero attached hydrogens (tertiary/aromatic N) is 1. The van der Waals surface area contributed by atoms with E-state index in [4.69, 9.17) is 17.3 Å². The lowest BCUT2D eigenvalue weighted by atomic mass is 9.84. The fourth-order valence-corrected chi connectivity index (χ4v) is 3.59. The smallest absolute Gasteiger partial charge is 0.249 e. The summed E-state index contributed by atoms with van der Waals surface area (Å²) in [6.07, 6.45) is 3.56. The molecule has 4 atom stereocenters. The molecule has 1 amide bonds. The molecule has 2 aliphatic rings. The molecule has 1 aliphatic carbocycles. The molecule has 130 valence electrons. The van der Waals surface area contributed by atoms with Crippen LogP contribution in [-0.2, 0) is 4.79 Å². The number of anilines is 1. The van der Waals surface area contributed by atoms with E-state index in [0.29, 0.717) is 16.5 Å². The third kappa shape index (κ3) is 3.66. The van der Waals surface area contributed by atoms with Crippen LogP contribution in [0.1, 0.15) is 26.2 Å². The molecule has 6 nitrogen and oxygen atoms in total. The van der Waals surface area contributed by atoms with Crippen LogP contribution in [0.15, 0.2) is 36.0 Å². The Hall–Kier alpha value is -1.76. The van der Waals surface area contributed by atoms with Crippen LogP contribution < -0.4 is 16.5 Å². The molecule has 0 radical (unpaired) electrons. The number of nitrogens with two attached hydrogens (primary N) is 1. The maximum absolute atomic E-state index is 11.8. The van der Waals surface area contributed by atoms with Gasteiger partial charge in [0, 0.05) is 23.0 Å². The zero-order chi connectivity index (χ0) is 17.3. The number of carbonyl (C=O) groups excluding carboxylic acids is 1. The summed E-state index contributed by atoms with van der Waals surface area (Å²) in [7, 11) is 0. The van der Waals surface area contributed by atoms with Crippen molar-refractivity contribution in [3.05, 3.63) is 41.1 Å². The van der Waals surface area contributed by atoms with Gasteiger partial charge in [-0.05, 0) is 49.4 Å². The summed E-state index contributed by atoms with van der Waals surface area (Å²) in [4.78, 5) is 11.8. The molecule has 7 heteroatoms. The Bertz CT molecular complexity index is 634. The summed E-state index contributed by atoms with van der Waals surface area (Å²) in [5, 5.41) is 15.7. The van der Waals surface area contributed by atoms with Gasteiger partial charge in [0.05, 0.1) is 11.7 Å². The van der Waals surface area contributed by atoms with Gasteiger partial charge in [0.25, 0.3) is 0 Å². The van der Waals surface area contributed by atoms with Crippen molar-refractivity contribution in [2.24, 2.45) is 11.7 Å². The molecule has 24 heavy (non-hydrogen) atoms. The number of aliphatic hydroxyl groups excluding tert-OH is 1. The van der Waals surface area contributed by atoms with Crippen molar-refractivity contribution in [2.75, 3.05) is 5.32 Å². The van der Waals surface area contributed by atoms with E-state index >= 15 is 0 Å². The lowest BCUT2D eigenvalue weighted by Crippen LogP contribution is -2.50. The number of hydrogen-bond acceptors (Lipinski definition) is 5. The number of primary amides is 1. The van der Waals surface area contributed by atoms with Crippen LogP contribution in [-0.4, -0.2) is 34.3 Å². The van der Waals surface area contributed by atoms with Crippen molar-refractivity contribution < 1.29 is 9.90 Å². The highest BCUT2D eigenvalue weighted by atomic mass is 35.5. The number of amides is 1. The Labute approximate surface area is 146 Å². The van der Waals surface area contributed by atoms with Gasteiger partial charge in [0.15, 0.2) is 0 Å². The third-order valence-electron chi connectivity index (χ3n) is 4.76. The number of rotatable bonds is 4. The number of benzene rings is 1. The highest BCUT2D eigenvalue weighted by Gasteiger charge is 2.36. The number of hydrazine groups is 1. The largest absolute Gasteiger partial charge is 0.393 e. The Morgan fingerprint density at radius 3 is 2.71 bits per heavy atom. The first-order valence-corrected chi connectivity index (χ1v) is 8.58. The van der Waals surface area contributed by atoms with Gasteiger partial charge in [0.1, 0.15) is 6.17 Å². The van der Waals surface area contributed by atoms with Crippen LogP contribution in [0, 0.1) is 5.92 Å². The van der Waals surface area contributed by atoms with Crippen molar-refractivity contribution in [3.8, 4) is 0 Å². The molecule has 1 fully saturated rings. The molecule has 1 aromatic rings. The molecular formula is C17H23ClN4O2. The first kappa shape index (κ1) is 17.1. The molecule has 1 aromatic carbocycles. The quantitative estimate of drug-likeness (QED) is 0.665. The lowest BCUT2D eigenvalue weighted by Gasteiger charge is -2.38. The van der Waals surface area contributed by atoms with Crippen LogP contribution in [0.3, 0.4) is 0 Å². The van der Waals surface area contributed by atoms with Gasteiger partial charge in [-0.2, -0.15) is 0 Å². The van der Waals surface area contributed by atoms with Crippen molar-refractivity contribution in [3.63, 3.8) is 0 Å². The zero-order valence-corrected chi connectivity index (χ0v) is 14.3. The highest BCUT2D eigenvalue weighted by Crippen LogP contribution is 2.30. The van der Waals surface area contributed by atoms with Crippen LogP contribution in [0.2, 0.25) is 5.02 Å². The molecule has 5 N–H and O–H groups in total. The van der Waals surface area contributed by atoms with E-state index in [2.05, 4.69) is 17.7 Å². The second-order valence-electron chi connectivity index (χ2n) is 6.58. The summed E-state index contributed by atoms with van der Waals surface area (Å²) < 4.78 is 0. The number of nitrogens with one attached hydrogen (secondary N) is 2. The minimum atomic E-state index is -0.458. The van der Waals surface area contributed by atoms with E-state index in [1.807, 2.05) is 17.1 Å². The van der Waals surface area contributed by atoms with Gasteiger partial charge in [-0.1, -0.05) is 18.5 Å². The Morgan fingerprint density at radius 1 is 1.38 bits per heavy atom. The van der Waals surface area contributed by atoms with E-state index < -0.39 is 5.91 Å². The first-order valence-electron chi connectivity index (χ1n) is 8.20. The number of halogens is 1. The highest BCUT2D eigenvalue weighted by molar-refractivity contribution is 6.30. The minimum Gasteiger partial charge on any atom is -0.393 e. The predicted octanol–water partition coefficient (Wildman–Crippen LogP) is 1.82. The number of aliphatic hydroxyl groups is 1. The number of hydrogen-bond donors (Lipinski definition) is 4. The summed E-state index contributed by atoms with van der Waals surface area (Å²) in [5.74, 6) is -0.138. The Balaban J connectivity index is 1.73. The van der Waals surface area contributed by atoms with Gasteiger partial charge in [0.2, 0.25) is 5.91 Å². The SMILES string of the molecule is CC1CC(O)CCC1N1C=C(C(N)=O)C(Nc2ccc(Cl)cc2)N1. The fraction of sp³-hybridized carbons (Fsp3) is 0.471. The molecule has 1 saturated carbocycles. The molecule has 4 unspecified atom stereocenters. The minimum absolute atomic E-state index is 0.222. The van der Waals surface area contributed by atoms with Gasteiger partial charge >= 0.3 is 0 Å². The standard InChI is InChI=1S/C17H23ClN4O2/c1-10-8-13(23)6-7-15(10)22-9-14(16(19)24)17(21-22)20-12-4-2-11(18)3-5-12/h2-5,9-10,13,15,17,20-21,23H,6-8H2,1H3,(H2,19,24). The van der Waals surface area contributed by atoms with Crippen molar-refractivity contribution >= 4 is 23.2 Å². The molecule has 0 aromatic heterocycles. The monoisotopic (exact) mass is 350 g/mol. The van der Waals surface area contributed by atoms with Crippen molar-refractivity contribution in [2.45, 2.75) is 44.5 Å². The molecule has 0 spiro atoms. The topological polar surface area (TPSA) is 90.6 Å². The maximum Gasteiger partial charge on any atom is 0.249 e. The number of carbonyl (C=O) groups is 1. The fourth-order valence-electron chi connectivity index (χ4n) is 3.47. The lowest BCUT2D eigenvalue weighted by molar-refractivity contribution is -0.114. The van der Waals surface area contributed by atoms with Crippen LogP contribution in [0.25, 0.3) is 0 Å².